The van der Waals surface area contributed by atoms with Gasteiger partial charge in [0.05, 0.1) is 31.1 Å². The molecule has 0 radical (unpaired) electrons. The number of carboxylic acids is 2. The molecular formula is C37H58N2O7. The van der Waals surface area contributed by atoms with Crippen LogP contribution in [-0.2, 0) is 23.9 Å². The lowest BCUT2D eigenvalue weighted by molar-refractivity contribution is -0.235. The van der Waals surface area contributed by atoms with E-state index in [4.69, 9.17) is 15.2 Å². The van der Waals surface area contributed by atoms with Gasteiger partial charge < -0.3 is 30.7 Å². The summed E-state index contributed by atoms with van der Waals surface area (Å²) in [6.45, 7) is 18.4. The molecule has 2 aliphatic heterocycles. The second-order valence-electron chi connectivity index (χ2n) is 17.7. The fourth-order valence-electron chi connectivity index (χ4n) is 13.1. The van der Waals surface area contributed by atoms with Gasteiger partial charge in [0.1, 0.15) is 6.10 Å². The van der Waals surface area contributed by atoms with Gasteiger partial charge in [0.15, 0.2) is 0 Å². The van der Waals surface area contributed by atoms with Crippen LogP contribution in [-0.4, -0.2) is 66.1 Å². The van der Waals surface area contributed by atoms with Crippen LogP contribution in [0, 0.1) is 68.5 Å². The number of hydrogen-bond donors (Lipinski definition) is 4. The van der Waals surface area contributed by atoms with Crippen molar-refractivity contribution in [2.45, 2.75) is 112 Å². The number of ether oxygens (including phenoxy) is 2. The summed E-state index contributed by atoms with van der Waals surface area (Å²) in [5.41, 5.74) is 5.89. The summed E-state index contributed by atoms with van der Waals surface area (Å²) in [4.78, 5) is 38.8. The molecule has 5 fully saturated rings. The molecule has 46 heavy (non-hydrogen) atoms. The lowest BCUT2D eigenvalue weighted by Crippen LogP contribution is -2.70. The Hall–Kier alpha value is -1.97. The van der Waals surface area contributed by atoms with Crippen LogP contribution < -0.4 is 11.1 Å². The number of esters is 1. The first kappa shape index (κ1) is 33.9. The molecule has 3 saturated carbocycles. The zero-order valence-corrected chi connectivity index (χ0v) is 29.2. The van der Waals surface area contributed by atoms with Crippen molar-refractivity contribution in [3.63, 3.8) is 0 Å². The summed E-state index contributed by atoms with van der Waals surface area (Å²) >= 11 is 0. The minimum absolute atomic E-state index is 0.133. The van der Waals surface area contributed by atoms with Crippen molar-refractivity contribution >= 4 is 17.9 Å². The van der Waals surface area contributed by atoms with Crippen molar-refractivity contribution in [2.75, 3.05) is 19.8 Å². The first-order valence-electron chi connectivity index (χ1n) is 17.8. The Kier molecular flexibility index (Phi) is 8.13. The van der Waals surface area contributed by atoms with Crippen LogP contribution in [0.4, 0.5) is 0 Å². The molecule has 0 amide bonds. The SMILES string of the molecule is CC(=O)O[C@@H]1C(N)CN[C@@H]1C1C[C@@]23COC[C@](C)(C1C(=O)O)[C@H]2CC[C@H]1C3=CC[C@@]2(C)[C@H](C(=O)O)[C@@](C)([C@H](C)C(C)C)CC[C@]12C. The Morgan fingerprint density at radius 3 is 2.33 bits per heavy atom. The van der Waals surface area contributed by atoms with E-state index in [1.165, 1.54) is 12.5 Å². The number of carbonyl (C=O) groups is 3. The number of fused-ring (bicyclic) bond motifs is 3. The second kappa shape index (κ2) is 11.0. The zero-order valence-electron chi connectivity index (χ0n) is 29.2. The van der Waals surface area contributed by atoms with E-state index in [-0.39, 0.29) is 46.0 Å². The van der Waals surface area contributed by atoms with Crippen LogP contribution >= 0.6 is 0 Å². The van der Waals surface area contributed by atoms with Gasteiger partial charge in [-0.05, 0) is 84.4 Å². The average Bonchev–Trinajstić information content (AvgIpc) is 3.30. The molecule has 9 heteroatoms. The standard InChI is InChI=1S/C37H58N2O7/c1-19(2)20(3)33(5)13-14-35(7)23-9-10-26-34(6)17-45-18-37(26,24(23)11-12-36(35,8)30(33)32(43)44)15-22(27(34)31(41)42)28-29(46-21(4)40)25(38)16-39-28/h11,19-20,22-23,25-30,39H,9-10,12-18,38H2,1-8H3,(H,41,42)(H,43,44)/t20-,22?,23+,25?,26-,27?,28-,29-,30-,33-,34+,35-,36+,37+/m1/s1. The monoisotopic (exact) mass is 642 g/mol. The molecule has 0 aromatic heterocycles. The van der Waals surface area contributed by atoms with Gasteiger partial charge in [-0.1, -0.05) is 60.1 Å². The quantitative estimate of drug-likeness (QED) is 0.229. The van der Waals surface area contributed by atoms with Crippen LogP contribution in [0.2, 0.25) is 0 Å². The van der Waals surface area contributed by atoms with E-state index >= 15 is 0 Å². The lowest BCUT2D eigenvalue weighted by Gasteiger charge is -2.71. The summed E-state index contributed by atoms with van der Waals surface area (Å²) in [6, 6.07) is -0.780. The third-order valence-corrected chi connectivity index (χ3v) is 15.6. The number of aliphatic carboxylic acids is 2. The maximum Gasteiger partial charge on any atom is 0.307 e. The second-order valence-corrected chi connectivity index (χ2v) is 17.7. The summed E-state index contributed by atoms with van der Waals surface area (Å²) in [6.07, 6.45) is 6.77. The third-order valence-electron chi connectivity index (χ3n) is 15.6. The van der Waals surface area contributed by atoms with Gasteiger partial charge in [0, 0.05) is 30.3 Å². The number of allylic oxidation sites excluding steroid dienone is 1. The molecule has 6 aliphatic rings. The molecule has 0 aromatic carbocycles. The fraction of sp³-hybridized carbons (Fsp3) is 0.865. The van der Waals surface area contributed by atoms with E-state index in [1.807, 2.05) is 0 Å². The van der Waals surface area contributed by atoms with E-state index in [1.54, 1.807) is 0 Å². The Bertz CT molecular complexity index is 1320. The van der Waals surface area contributed by atoms with Gasteiger partial charge in [-0.2, -0.15) is 0 Å². The normalized spacial score (nSPS) is 50.4. The molecule has 2 heterocycles. The van der Waals surface area contributed by atoms with Gasteiger partial charge in [-0.25, -0.2) is 0 Å². The fourth-order valence-corrected chi connectivity index (χ4v) is 13.1. The van der Waals surface area contributed by atoms with Crippen molar-refractivity contribution in [3.8, 4) is 0 Å². The molecule has 9 nitrogen and oxygen atoms in total. The molecule has 258 valence electrons. The number of hydrogen-bond acceptors (Lipinski definition) is 7. The predicted octanol–water partition coefficient (Wildman–Crippen LogP) is 5.12. The van der Waals surface area contributed by atoms with E-state index in [9.17, 15) is 24.6 Å². The molecule has 6 rings (SSSR count). The first-order chi connectivity index (χ1) is 21.4. The van der Waals surface area contributed by atoms with Crippen molar-refractivity contribution in [1.29, 1.82) is 0 Å². The number of rotatable bonds is 6. The zero-order chi connectivity index (χ0) is 33.8. The summed E-state index contributed by atoms with van der Waals surface area (Å²) in [7, 11) is 0. The highest BCUT2D eigenvalue weighted by Gasteiger charge is 2.73. The molecule has 14 atom stereocenters. The van der Waals surface area contributed by atoms with Gasteiger partial charge in [-0.3, -0.25) is 14.4 Å². The molecule has 4 aliphatic carbocycles. The molecule has 3 unspecified atom stereocenters. The van der Waals surface area contributed by atoms with E-state index in [0.29, 0.717) is 38.5 Å². The Balaban J connectivity index is 1.46. The van der Waals surface area contributed by atoms with E-state index in [2.05, 4.69) is 59.9 Å². The molecule has 2 saturated heterocycles. The molecule has 5 N–H and O–H groups in total. The molecule has 0 aromatic rings. The van der Waals surface area contributed by atoms with Crippen LogP contribution in [0.1, 0.15) is 93.9 Å². The summed E-state index contributed by atoms with van der Waals surface area (Å²) in [5, 5.41) is 25.3. The smallest absolute Gasteiger partial charge is 0.307 e. The van der Waals surface area contributed by atoms with Crippen molar-refractivity contribution in [3.05, 3.63) is 11.6 Å². The summed E-state index contributed by atoms with van der Waals surface area (Å²) in [5.74, 6) is -2.40. The van der Waals surface area contributed by atoms with E-state index < -0.39 is 52.7 Å². The minimum Gasteiger partial charge on any atom is -0.481 e. The Morgan fingerprint density at radius 1 is 1.02 bits per heavy atom. The van der Waals surface area contributed by atoms with Crippen LogP contribution in [0.25, 0.3) is 0 Å². The van der Waals surface area contributed by atoms with Crippen molar-refractivity contribution < 1.29 is 34.1 Å². The van der Waals surface area contributed by atoms with Crippen molar-refractivity contribution in [2.24, 2.45) is 74.2 Å². The maximum atomic E-state index is 13.4. The van der Waals surface area contributed by atoms with Gasteiger partial charge in [-0.15, -0.1) is 0 Å². The van der Waals surface area contributed by atoms with Gasteiger partial charge >= 0.3 is 17.9 Å². The predicted molar refractivity (Wildman–Crippen MR) is 174 cm³/mol. The van der Waals surface area contributed by atoms with Crippen LogP contribution in [0.5, 0.6) is 0 Å². The Labute approximate surface area is 274 Å². The number of carboxylic acid groups (broad SMARTS) is 2. The third kappa shape index (κ3) is 4.38. The highest BCUT2D eigenvalue weighted by atomic mass is 16.5. The first-order valence-corrected chi connectivity index (χ1v) is 17.8. The topological polar surface area (TPSA) is 148 Å². The largest absolute Gasteiger partial charge is 0.481 e. The molecule has 2 bridgehead atoms. The number of carbonyl (C=O) groups excluding carboxylic acids is 1. The van der Waals surface area contributed by atoms with Crippen molar-refractivity contribution in [1.82, 2.24) is 5.32 Å². The summed E-state index contributed by atoms with van der Waals surface area (Å²) < 4.78 is 12.2. The molecule has 0 spiro atoms. The highest BCUT2D eigenvalue weighted by molar-refractivity contribution is 5.74. The number of nitrogens with two attached hydrogens (primary N) is 1. The average molecular weight is 643 g/mol. The maximum absolute atomic E-state index is 13.4. The van der Waals surface area contributed by atoms with Crippen LogP contribution in [0.3, 0.4) is 0 Å². The molecular weight excluding hydrogens is 584 g/mol. The van der Waals surface area contributed by atoms with Crippen LogP contribution in [0.15, 0.2) is 11.6 Å². The van der Waals surface area contributed by atoms with Gasteiger partial charge in [0.2, 0.25) is 0 Å². The lowest BCUT2D eigenvalue weighted by atomic mass is 9.33. The minimum atomic E-state index is -0.829. The Morgan fingerprint density at radius 2 is 1.72 bits per heavy atom. The highest BCUT2D eigenvalue weighted by Crippen LogP contribution is 2.75. The van der Waals surface area contributed by atoms with Gasteiger partial charge in [0.25, 0.3) is 0 Å². The van der Waals surface area contributed by atoms with E-state index in [0.717, 1.165) is 25.7 Å². The number of nitrogens with one attached hydrogen (secondary N) is 1.